The molecule has 5 unspecified atom stereocenters. The second-order valence-electron chi connectivity index (χ2n) is 17.8. The third-order valence-electron chi connectivity index (χ3n) is 14.9. The van der Waals surface area contributed by atoms with E-state index in [0.717, 1.165) is 56.9 Å². The molecule has 4 saturated carbocycles. The maximum absolute atomic E-state index is 14.1. The van der Waals surface area contributed by atoms with Crippen molar-refractivity contribution in [3.05, 3.63) is 41.7 Å². The maximum Gasteiger partial charge on any atom is 0.230 e. The van der Waals surface area contributed by atoms with E-state index in [9.17, 15) is 14.7 Å². The summed E-state index contributed by atoms with van der Waals surface area (Å²) in [5, 5.41) is 14.5. The normalized spacial score (nSPS) is 42.2. The monoisotopic (exact) mass is 618 g/mol. The van der Waals surface area contributed by atoms with Crippen LogP contribution in [0.15, 0.2) is 36.2 Å². The third kappa shape index (κ3) is 4.81. The number of carbonyl (C=O) groups excluding carboxylic acids is 2. The number of rotatable bonds is 6. The van der Waals surface area contributed by atoms with Crippen molar-refractivity contribution in [1.29, 1.82) is 0 Å². The van der Waals surface area contributed by atoms with Gasteiger partial charge >= 0.3 is 0 Å². The van der Waals surface area contributed by atoms with Gasteiger partial charge < -0.3 is 15.2 Å². The first-order valence-corrected chi connectivity index (χ1v) is 17.7. The third-order valence-corrected chi connectivity index (χ3v) is 14.9. The highest BCUT2D eigenvalue weighted by atomic mass is 16.6. The average molecular weight is 619 g/mol. The second-order valence-corrected chi connectivity index (χ2v) is 17.8. The van der Waals surface area contributed by atoms with E-state index in [4.69, 9.17) is 4.74 Å². The van der Waals surface area contributed by atoms with Crippen LogP contribution >= 0.6 is 0 Å². The Morgan fingerprint density at radius 1 is 1.04 bits per heavy atom. The van der Waals surface area contributed by atoms with Crippen LogP contribution in [0.1, 0.15) is 112 Å². The standard InChI is InChI=1S/C39H58N2O4/c1-34(2)16-18-39(33(44)45-8)19-17-37(6)27(28(39)23-34)11-12-30-36(5)22-26(32(43)41-21-14-25-10-9-20-40-24-25)31(42)35(3,4)29(36)13-15-38(30,37)7/h9-11,20,24,26,28-30,33,44H,12-19,21-23H2,1-8H3,(H,41,43)/t26?,28?,29?,30?,33?,36-,37+,38+,39-/m0/s1. The molecule has 1 aromatic heterocycles. The lowest BCUT2D eigenvalue weighted by Gasteiger charge is -2.71. The second kappa shape index (κ2) is 11.0. The van der Waals surface area contributed by atoms with Gasteiger partial charge in [-0.15, -0.1) is 0 Å². The van der Waals surface area contributed by atoms with E-state index < -0.39 is 17.6 Å². The molecule has 2 N–H and O–H groups in total. The van der Waals surface area contributed by atoms with Crippen molar-refractivity contribution in [1.82, 2.24) is 10.3 Å². The van der Waals surface area contributed by atoms with Gasteiger partial charge in [-0.2, -0.15) is 0 Å². The molecule has 1 aromatic rings. The summed E-state index contributed by atoms with van der Waals surface area (Å²) in [6, 6.07) is 3.94. The number of methoxy groups -OCH3 is 1. The molecule has 0 aromatic carbocycles. The number of carbonyl (C=O) groups is 2. The number of aliphatic hydroxyl groups excluding tert-OH is 1. The van der Waals surface area contributed by atoms with Crippen LogP contribution in [0.4, 0.5) is 0 Å². The molecule has 5 aliphatic carbocycles. The van der Waals surface area contributed by atoms with Gasteiger partial charge in [0.25, 0.3) is 0 Å². The Bertz CT molecular complexity index is 1350. The molecule has 0 radical (unpaired) electrons. The Labute approximate surface area is 271 Å². The molecule has 1 amide bonds. The lowest BCUT2D eigenvalue weighted by atomic mass is 9.33. The number of pyridine rings is 1. The molecule has 0 saturated heterocycles. The van der Waals surface area contributed by atoms with E-state index in [1.165, 1.54) is 0 Å². The summed E-state index contributed by atoms with van der Waals surface area (Å²) >= 11 is 0. The van der Waals surface area contributed by atoms with Gasteiger partial charge in [0.15, 0.2) is 12.1 Å². The molecule has 6 rings (SSSR count). The highest BCUT2D eigenvalue weighted by molar-refractivity contribution is 6.04. The fourth-order valence-corrected chi connectivity index (χ4v) is 12.2. The van der Waals surface area contributed by atoms with Gasteiger partial charge in [-0.25, -0.2) is 0 Å². The number of hydrogen-bond donors (Lipinski definition) is 2. The lowest BCUT2D eigenvalue weighted by Crippen LogP contribution is -2.66. The number of ether oxygens (including phenoxy) is 1. The van der Waals surface area contributed by atoms with Crippen molar-refractivity contribution in [2.24, 2.45) is 56.2 Å². The smallest absolute Gasteiger partial charge is 0.230 e. The van der Waals surface area contributed by atoms with Crippen LogP contribution in [0.5, 0.6) is 0 Å². The van der Waals surface area contributed by atoms with E-state index in [-0.39, 0.29) is 44.7 Å². The molecule has 0 bridgehead atoms. The summed E-state index contributed by atoms with van der Waals surface area (Å²) in [6.07, 6.45) is 15.1. The van der Waals surface area contributed by atoms with Crippen LogP contribution in [0.2, 0.25) is 0 Å². The van der Waals surface area contributed by atoms with Gasteiger partial charge in [0.2, 0.25) is 5.91 Å². The van der Waals surface area contributed by atoms with E-state index in [1.54, 1.807) is 18.9 Å². The number of amides is 1. The largest absolute Gasteiger partial charge is 0.367 e. The van der Waals surface area contributed by atoms with Crippen LogP contribution < -0.4 is 5.32 Å². The van der Waals surface area contributed by atoms with Crippen molar-refractivity contribution < 1.29 is 19.4 Å². The first-order chi connectivity index (χ1) is 21.1. The highest BCUT2D eigenvalue weighted by Crippen LogP contribution is 2.76. The summed E-state index contributed by atoms with van der Waals surface area (Å²) in [5.41, 5.74) is 2.02. The number of hydrogen-bond acceptors (Lipinski definition) is 5. The minimum Gasteiger partial charge on any atom is -0.367 e. The zero-order valence-corrected chi connectivity index (χ0v) is 29.2. The van der Waals surface area contributed by atoms with E-state index in [0.29, 0.717) is 31.2 Å². The van der Waals surface area contributed by atoms with Crippen molar-refractivity contribution in [3.63, 3.8) is 0 Å². The van der Waals surface area contributed by atoms with Crippen LogP contribution in [0, 0.1) is 56.2 Å². The number of fused-ring (bicyclic) bond motifs is 7. The van der Waals surface area contributed by atoms with Crippen molar-refractivity contribution in [2.75, 3.05) is 13.7 Å². The van der Waals surface area contributed by atoms with Gasteiger partial charge in [0.05, 0.1) is 5.92 Å². The van der Waals surface area contributed by atoms with Gasteiger partial charge in [-0.05, 0) is 115 Å². The minimum absolute atomic E-state index is 0.00597. The minimum atomic E-state index is -0.745. The van der Waals surface area contributed by atoms with Crippen LogP contribution in [-0.4, -0.2) is 41.7 Å². The number of Topliss-reactive ketones (excluding diaryl/α,β-unsaturated/α-hetero) is 1. The zero-order valence-electron chi connectivity index (χ0n) is 29.2. The number of aliphatic hydroxyl groups is 1. The molecule has 0 aliphatic heterocycles. The highest BCUT2D eigenvalue weighted by Gasteiger charge is 2.70. The first kappa shape index (κ1) is 32.9. The molecule has 6 heteroatoms. The Morgan fingerprint density at radius 3 is 2.47 bits per heavy atom. The molecule has 1 heterocycles. The van der Waals surface area contributed by atoms with Crippen molar-refractivity contribution in [2.45, 2.75) is 119 Å². The molecular weight excluding hydrogens is 560 g/mol. The molecule has 6 nitrogen and oxygen atoms in total. The first-order valence-electron chi connectivity index (χ1n) is 17.7. The maximum atomic E-state index is 14.1. The predicted molar refractivity (Wildman–Crippen MR) is 177 cm³/mol. The number of allylic oxidation sites excluding steroid dienone is 2. The fourth-order valence-electron chi connectivity index (χ4n) is 12.2. The lowest BCUT2D eigenvalue weighted by molar-refractivity contribution is -0.227. The van der Waals surface area contributed by atoms with Gasteiger partial charge in [-0.3, -0.25) is 14.6 Å². The molecular formula is C39H58N2O4. The molecule has 45 heavy (non-hydrogen) atoms. The van der Waals surface area contributed by atoms with E-state index >= 15 is 0 Å². The fraction of sp³-hybridized carbons (Fsp3) is 0.769. The van der Waals surface area contributed by atoms with Crippen molar-refractivity contribution >= 4 is 11.7 Å². The summed E-state index contributed by atoms with van der Waals surface area (Å²) in [4.78, 5) is 32.1. The quantitative estimate of drug-likeness (QED) is 0.198. The topological polar surface area (TPSA) is 88.5 Å². The Hall–Kier alpha value is -2.05. The summed E-state index contributed by atoms with van der Waals surface area (Å²) in [6.45, 7) is 17.0. The summed E-state index contributed by atoms with van der Waals surface area (Å²) in [7, 11) is 1.66. The van der Waals surface area contributed by atoms with Crippen LogP contribution in [-0.2, 0) is 20.7 Å². The number of ketones is 1. The van der Waals surface area contributed by atoms with E-state index in [2.05, 4.69) is 64.8 Å². The number of aromatic nitrogens is 1. The SMILES string of the molecule is COC(O)[C@]12CCC(C)(C)CC1C1=CCC3[C@@]4(C)CC(C(=O)NCCc5cccnc5)C(=O)C(C)(C)C4CC[C@@]3(C)[C@]1(C)CC2. The van der Waals surface area contributed by atoms with E-state index in [1.807, 2.05) is 18.3 Å². The van der Waals surface area contributed by atoms with Gasteiger partial charge in [0, 0.05) is 36.9 Å². The molecule has 4 fully saturated rings. The van der Waals surface area contributed by atoms with Crippen LogP contribution in [0.3, 0.4) is 0 Å². The Kier molecular flexibility index (Phi) is 8.04. The van der Waals surface area contributed by atoms with Crippen molar-refractivity contribution in [3.8, 4) is 0 Å². The number of nitrogens with one attached hydrogen (secondary N) is 1. The predicted octanol–water partition coefficient (Wildman–Crippen LogP) is 7.30. The molecule has 248 valence electrons. The van der Waals surface area contributed by atoms with Crippen LogP contribution in [0.25, 0.3) is 0 Å². The average Bonchev–Trinajstić information content (AvgIpc) is 2.99. The zero-order chi connectivity index (χ0) is 32.6. The molecule has 9 atom stereocenters. The molecule has 0 spiro atoms. The number of nitrogens with zero attached hydrogens (tertiary/aromatic N) is 1. The van der Waals surface area contributed by atoms with Gasteiger partial charge in [0.1, 0.15) is 0 Å². The summed E-state index contributed by atoms with van der Waals surface area (Å²) in [5.74, 6) is 0.326. The summed E-state index contributed by atoms with van der Waals surface area (Å²) < 4.78 is 5.72. The molecule has 5 aliphatic rings. The van der Waals surface area contributed by atoms with Gasteiger partial charge in [-0.1, -0.05) is 66.2 Å². The Balaban J connectivity index is 1.32. The Morgan fingerprint density at radius 2 is 1.78 bits per heavy atom.